The van der Waals surface area contributed by atoms with Gasteiger partial charge in [-0.05, 0) is 0 Å². The van der Waals surface area contributed by atoms with Crippen molar-refractivity contribution in [3.8, 4) is 0 Å². The number of aliphatic hydroxyl groups excluding tert-OH is 1. The molecule has 1 rings (SSSR count). The largest absolute Gasteiger partial charge is 0.395 e. The molecule has 0 amide bonds. The Labute approximate surface area is 64.3 Å². The number of anilines is 2. The van der Waals surface area contributed by atoms with Gasteiger partial charge in [-0.25, -0.2) is 9.97 Å². The normalized spacial score (nSPS) is 9.55. The summed E-state index contributed by atoms with van der Waals surface area (Å²) in [5, 5.41) is 11.3. The molecule has 0 atom stereocenters. The summed E-state index contributed by atoms with van der Waals surface area (Å²) in [7, 11) is 0. The standard InChI is InChI=1S/C6H10N4O/c7-6-9-3-5(4-10-6)8-1-2-11/h3-4,8,11H,1-2H2,(H2,7,9,10). The second-order valence-corrected chi connectivity index (χ2v) is 1.98. The third kappa shape index (κ3) is 2.38. The number of aromatic nitrogens is 2. The predicted molar refractivity (Wildman–Crippen MR) is 42.0 cm³/mol. The first-order chi connectivity index (χ1) is 5.33. The molecule has 0 saturated heterocycles. The van der Waals surface area contributed by atoms with Crippen molar-refractivity contribution >= 4 is 11.6 Å². The van der Waals surface area contributed by atoms with E-state index >= 15 is 0 Å². The molecule has 0 aromatic carbocycles. The van der Waals surface area contributed by atoms with Crippen molar-refractivity contribution in [3.63, 3.8) is 0 Å². The topological polar surface area (TPSA) is 84.1 Å². The number of aliphatic hydroxyl groups is 1. The highest BCUT2D eigenvalue weighted by Gasteiger charge is 1.90. The molecule has 0 fully saturated rings. The van der Waals surface area contributed by atoms with Crippen LogP contribution in [0.3, 0.4) is 0 Å². The number of nitrogens with one attached hydrogen (secondary N) is 1. The van der Waals surface area contributed by atoms with Gasteiger partial charge in [0.2, 0.25) is 5.95 Å². The maximum atomic E-state index is 8.45. The van der Waals surface area contributed by atoms with Gasteiger partial charge in [0.25, 0.3) is 0 Å². The Hall–Kier alpha value is -1.36. The Morgan fingerprint density at radius 2 is 2.09 bits per heavy atom. The lowest BCUT2D eigenvalue weighted by atomic mass is 10.5. The minimum atomic E-state index is 0.0877. The summed E-state index contributed by atoms with van der Waals surface area (Å²) in [6, 6.07) is 0. The monoisotopic (exact) mass is 154 g/mol. The highest BCUT2D eigenvalue weighted by Crippen LogP contribution is 2.01. The zero-order valence-electron chi connectivity index (χ0n) is 5.99. The second kappa shape index (κ2) is 3.72. The maximum absolute atomic E-state index is 8.45. The van der Waals surface area contributed by atoms with Gasteiger partial charge in [-0.3, -0.25) is 0 Å². The molecule has 1 heterocycles. The third-order valence-corrected chi connectivity index (χ3v) is 1.11. The van der Waals surface area contributed by atoms with Crippen LogP contribution in [0.15, 0.2) is 12.4 Å². The predicted octanol–water partition coefficient (Wildman–Crippen LogP) is -0.537. The molecule has 0 unspecified atom stereocenters. The van der Waals surface area contributed by atoms with Gasteiger partial charge < -0.3 is 16.2 Å². The molecule has 0 aliphatic rings. The van der Waals surface area contributed by atoms with E-state index in [0.717, 1.165) is 5.69 Å². The van der Waals surface area contributed by atoms with Crippen LogP contribution in [0.25, 0.3) is 0 Å². The molecule has 1 aromatic rings. The zero-order valence-corrected chi connectivity index (χ0v) is 5.99. The smallest absolute Gasteiger partial charge is 0.220 e. The fourth-order valence-corrected chi connectivity index (χ4v) is 0.630. The molecule has 0 saturated carbocycles. The van der Waals surface area contributed by atoms with Crippen molar-refractivity contribution < 1.29 is 5.11 Å². The van der Waals surface area contributed by atoms with Gasteiger partial charge in [-0.15, -0.1) is 0 Å². The lowest BCUT2D eigenvalue weighted by molar-refractivity contribution is 0.311. The molecule has 4 N–H and O–H groups in total. The first-order valence-electron chi connectivity index (χ1n) is 3.25. The maximum Gasteiger partial charge on any atom is 0.220 e. The first-order valence-corrected chi connectivity index (χ1v) is 3.25. The van der Waals surface area contributed by atoms with Crippen LogP contribution in [-0.4, -0.2) is 28.2 Å². The van der Waals surface area contributed by atoms with Gasteiger partial charge in [-0.1, -0.05) is 0 Å². The summed E-state index contributed by atoms with van der Waals surface area (Å²) < 4.78 is 0. The highest BCUT2D eigenvalue weighted by atomic mass is 16.3. The average molecular weight is 154 g/mol. The first kappa shape index (κ1) is 7.74. The summed E-state index contributed by atoms with van der Waals surface area (Å²) in [5.74, 6) is 0.250. The SMILES string of the molecule is Nc1ncc(NCCO)cn1. The van der Waals surface area contributed by atoms with Crippen LogP contribution in [0.5, 0.6) is 0 Å². The van der Waals surface area contributed by atoms with E-state index in [4.69, 9.17) is 10.8 Å². The van der Waals surface area contributed by atoms with Gasteiger partial charge in [0, 0.05) is 6.54 Å². The van der Waals surface area contributed by atoms with Crippen LogP contribution in [0.1, 0.15) is 0 Å². The number of hydrogen-bond donors (Lipinski definition) is 3. The molecule has 0 bridgehead atoms. The molecule has 60 valence electrons. The van der Waals surface area contributed by atoms with E-state index in [9.17, 15) is 0 Å². The number of nitrogens with two attached hydrogens (primary N) is 1. The number of rotatable bonds is 3. The molecule has 0 aliphatic carbocycles. The molecular weight excluding hydrogens is 144 g/mol. The van der Waals surface area contributed by atoms with E-state index in [1.54, 1.807) is 12.4 Å². The fourth-order valence-electron chi connectivity index (χ4n) is 0.630. The van der Waals surface area contributed by atoms with Crippen molar-refractivity contribution in [2.24, 2.45) is 0 Å². The lowest BCUT2D eigenvalue weighted by Crippen LogP contribution is -2.06. The molecular formula is C6H10N4O. The van der Waals surface area contributed by atoms with Crippen molar-refractivity contribution in [2.45, 2.75) is 0 Å². The molecule has 0 aliphatic heterocycles. The molecule has 0 spiro atoms. The Morgan fingerprint density at radius 1 is 1.45 bits per heavy atom. The zero-order chi connectivity index (χ0) is 8.10. The van der Waals surface area contributed by atoms with E-state index in [-0.39, 0.29) is 12.6 Å². The van der Waals surface area contributed by atoms with Crippen LogP contribution in [0.4, 0.5) is 11.6 Å². The average Bonchev–Trinajstić information content (AvgIpc) is 2.04. The van der Waals surface area contributed by atoms with Crippen LogP contribution in [0, 0.1) is 0 Å². The summed E-state index contributed by atoms with van der Waals surface area (Å²) in [4.78, 5) is 7.51. The lowest BCUT2D eigenvalue weighted by Gasteiger charge is -2.01. The number of nitrogens with zero attached hydrogens (tertiary/aromatic N) is 2. The van der Waals surface area contributed by atoms with Crippen molar-refractivity contribution in [1.29, 1.82) is 0 Å². The van der Waals surface area contributed by atoms with E-state index in [1.807, 2.05) is 0 Å². The quantitative estimate of drug-likeness (QED) is 0.544. The summed E-state index contributed by atoms with van der Waals surface area (Å²) in [5.41, 5.74) is 6.01. The summed E-state index contributed by atoms with van der Waals surface area (Å²) in [6.07, 6.45) is 3.13. The Kier molecular flexibility index (Phi) is 2.62. The van der Waals surface area contributed by atoms with E-state index in [2.05, 4.69) is 15.3 Å². The van der Waals surface area contributed by atoms with Crippen LogP contribution in [0.2, 0.25) is 0 Å². The van der Waals surface area contributed by atoms with Gasteiger partial charge in [0.15, 0.2) is 0 Å². The Balaban J connectivity index is 2.52. The molecule has 11 heavy (non-hydrogen) atoms. The molecule has 1 aromatic heterocycles. The molecule has 5 heteroatoms. The van der Waals surface area contributed by atoms with Crippen molar-refractivity contribution in [3.05, 3.63) is 12.4 Å². The van der Waals surface area contributed by atoms with E-state index in [1.165, 1.54) is 0 Å². The van der Waals surface area contributed by atoms with E-state index < -0.39 is 0 Å². The minimum Gasteiger partial charge on any atom is -0.395 e. The summed E-state index contributed by atoms with van der Waals surface area (Å²) >= 11 is 0. The van der Waals surface area contributed by atoms with E-state index in [0.29, 0.717) is 6.54 Å². The highest BCUT2D eigenvalue weighted by molar-refractivity contribution is 5.39. The Morgan fingerprint density at radius 3 is 2.64 bits per heavy atom. The van der Waals surface area contributed by atoms with Crippen LogP contribution < -0.4 is 11.1 Å². The minimum absolute atomic E-state index is 0.0877. The summed E-state index contributed by atoms with van der Waals surface area (Å²) in [6.45, 7) is 0.581. The number of nitrogen functional groups attached to an aromatic ring is 1. The van der Waals surface area contributed by atoms with Gasteiger partial charge in [0.05, 0.1) is 24.7 Å². The van der Waals surface area contributed by atoms with Gasteiger partial charge in [0.1, 0.15) is 0 Å². The third-order valence-electron chi connectivity index (χ3n) is 1.11. The fraction of sp³-hybridized carbons (Fsp3) is 0.333. The number of hydrogen-bond acceptors (Lipinski definition) is 5. The van der Waals surface area contributed by atoms with Gasteiger partial charge in [-0.2, -0.15) is 0 Å². The second-order valence-electron chi connectivity index (χ2n) is 1.98. The van der Waals surface area contributed by atoms with Crippen LogP contribution in [-0.2, 0) is 0 Å². The van der Waals surface area contributed by atoms with Crippen molar-refractivity contribution in [1.82, 2.24) is 9.97 Å². The molecule has 5 nitrogen and oxygen atoms in total. The Bertz CT molecular complexity index is 210. The van der Waals surface area contributed by atoms with Crippen molar-refractivity contribution in [2.75, 3.05) is 24.2 Å². The van der Waals surface area contributed by atoms with Gasteiger partial charge >= 0.3 is 0 Å². The molecule has 0 radical (unpaired) electrons. The van der Waals surface area contributed by atoms with Crippen LogP contribution >= 0.6 is 0 Å².